The third-order valence-corrected chi connectivity index (χ3v) is 5.41. The predicted octanol–water partition coefficient (Wildman–Crippen LogP) is 3.67. The van der Waals surface area contributed by atoms with Crippen LogP contribution in [0.4, 0.5) is 0 Å². The largest absolute Gasteiger partial charge is 0.459 e. The molecule has 0 saturated carbocycles. The van der Waals surface area contributed by atoms with E-state index in [2.05, 4.69) is 0 Å². The average Bonchev–Trinajstić information content (AvgIpc) is 3.23. The van der Waals surface area contributed by atoms with Crippen LogP contribution in [0.5, 0.6) is 0 Å². The zero-order valence-electron chi connectivity index (χ0n) is 18.9. The Morgan fingerprint density at radius 2 is 1.11 bits per heavy atom. The molecule has 0 bridgehead atoms. The second-order valence-corrected chi connectivity index (χ2v) is 7.72. The van der Waals surface area contributed by atoms with E-state index in [0.717, 1.165) is 0 Å². The molecule has 1 aliphatic heterocycles. The smallest absolute Gasteiger partial charge is 0.340 e. The number of methoxy groups -OCH3 is 1. The molecule has 0 aromatic heterocycles. The molecule has 1 heterocycles. The molecular formula is C27H24O8. The van der Waals surface area contributed by atoms with E-state index >= 15 is 0 Å². The van der Waals surface area contributed by atoms with Crippen LogP contribution in [-0.4, -0.2) is 56.2 Å². The molecule has 4 rings (SSSR count). The van der Waals surface area contributed by atoms with E-state index in [1.165, 1.54) is 7.11 Å². The first-order valence-electron chi connectivity index (χ1n) is 11.0. The summed E-state index contributed by atoms with van der Waals surface area (Å²) in [5, 5.41) is 0. The molecule has 0 aliphatic carbocycles. The molecule has 1 aliphatic rings. The molecule has 1 saturated heterocycles. The minimum Gasteiger partial charge on any atom is -0.459 e. The molecule has 1 fully saturated rings. The maximum absolute atomic E-state index is 12.8. The third kappa shape index (κ3) is 5.92. The van der Waals surface area contributed by atoms with Gasteiger partial charge in [-0.3, -0.25) is 0 Å². The molecule has 0 spiro atoms. The predicted molar refractivity (Wildman–Crippen MR) is 124 cm³/mol. The van der Waals surface area contributed by atoms with E-state index in [1.807, 2.05) is 0 Å². The summed E-state index contributed by atoms with van der Waals surface area (Å²) in [6.07, 6.45) is -4.09. The van der Waals surface area contributed by atoms with Crippen molar-refractivity contribution in [1.82, 2.24) is 0 Å². The highest BCUT2D eigenvalue weighted by Gasteiger charge is 2.50. The molecule has 35 heavy (non-hydrogen) atoms. The lowest BCUT2D eigenvalue weighted by Crippen LogP contribution is -2.41. The highest BCUT2D eigenvalue weighted by molar-refractivity contribution is 5.90. The first-order chi connectivity index (χ1) is 17.1. The average molecular weight is 476 g/mol. The zero-order chi connectivity index (χ0) is 24.6. The Bertz CT molecular complexity index is 1130. The fraction of sp³-hybridized carbons (Fsp3) is 0.222. The van der Waals surface area contributed by atoms with Gasteiger partial charge in [0.1, 0.15) is 12.7 Å². The maximum atomic E-state index is 12.8. The lowest BCUT2D eigenvalue weighted by Gasteiger charge is -2.22. The van der Waals surface area contributed by atoms with Crippen molar-refractivity contribution in [2.45, 2.75) is 24.6 Å². The van der Waals surface area contributed by atoms with Crippen LogP contribution < -0.4 is 0 Å². The molecule has 1 unspecified atom stereocenters. The van der Waals surface area contributed by atoms with Gasteiger partial charge < -0.3 is 23.7 Å². The van der Waals surface area contributed by atoms with Crippen molar-refractivity contribution in [1.29, 1.82) is 0 Å². The molecule has 0 N–H and O–H groups in total. The van der Waals surface area contributed by atoms with Crippen molar-refractivity contribution >= 4 is 17.9 Å². The number of hydrogen-bond acceptors (Lipinski definition) is 8. The van der Waals surface area contributed by atoms with Crippen molar-refractivity contribution in [2.24, 2.45) is 0 Å². The van der Waals surface area contributed by atoms with Gasteiger partial charge in [0.25, 0.3) is 0 Å². The van der Waals surface area contributed by atoms with E-state index in [0.29, 0.717) is 16.7 Å². The summed E-state index contributed by atoms with van der Waals surface area (Å²) in [7, 11) is 1.39. The van der Waals surface area contributed by atoms with Crippen LogP contribution in [0.2, 0.25) is 0 Å². The molecule has 0 radical (unpaired) electrons. The second kappa shape index (κ2) is 11.4. The fourth-order valence-corrected chi connectivity index (χ4v) is 3.64. The minimum atomic E-state index is -1.19. The van der Waals surface area contributed by atoms with Gasteiger partial charge in [0.15, 0.2) is 12.2 Å². The van der Waals surface area contributed by atoms with Crippen LogP contribution >= 0.6 is 0 Å². The lowest BCUT2D eigenvalue weighted by atomic mass is 10.1. The lowest BCUT2D eigenvalue weighted by molar-refractivity contribution is -0.145. The summed E-state index contributed by atoms with van der Waals surface area (Å²) in [6.45, 7) is -0.250. The number of ether oxygens (including phenoxy) is 5. The van der Waals surface area contributed by atoms with E-state index in [1.54, 1.807) is 91.0 Å². The van der Waals surface area contributed by atoms with E-state index in [-0.39, 0.29) is 6.61 Å². The molecule has 180 valence electrons. The van der Waals surface area contributed by atoms with Crippen molar-refractivity contribution in [3.8, 4) is 0 Å². The highest BCUT2D eigenvalue weighted by Crippen LogP contribution is 2.29. The fourth-order valence-electron chi connectivity index (χ4n) is 3.64. The van der Waals surface area contributed by atoms with Crippen molar-refractivity contribution in [3.05, 3.63) is 108 Å². The highest BCUT2D eigenvalue weighted by atomic mass is 16.7. The molecule has 8 heteroatoms. The van der Waals surface area contributed by atoms with Crippen LogP contribution in [-0.2, 0) is 23.7 Å². The Hall–Kier alpha value is -4.01. The Kier molecular flexibility index (Phi) is 7.87. The van der Waals surface area contributed by atoms with Gasteiger partial charge >= 0.3 is 17.9 Å². The van der Waals surface area contributed by atoms with Crippen LogP contribution in [0.25, 0.3) is 0 Å². The first kappa shape index (κ1) is 24.1. The normalized spacial score (nSPS) is 21.2. The number of carbonyl (C=O) groups excluding carboxylic acids is 3. The van der Waals surface area contributed by atoms with E-state index < -0.39 is 42.5 Å². The van der Waals surface area contributed by atoms with Crippen molar-refractivity contribution < 1.29 is 38.1 Å². The van der Waals surface area contributed by atoms with Gasteiger partial charge in [-0.05, 0) is 36.4 Å². The Morgan fingerprint density at radius 3 is 1.60 bits per heavy atom. The third-order valence-electron chi connectivity index (χ3n) is 5.41. The topological polar surface area (TPSA) is 97.4 Å². The van der Waals surface area contributed by atoms with Gasteiger partial charge in [-0.1, -0.05) is 54.6 Å². The van der Waals surface area contributed by atoms with E-state index in [9.17, 15) is 14.4 Å². The van der Waals surface area contributed by atoms with E-state index in [4.69, 9.17) is 23.7 Å². The summed E-state index contributed by atoms with van der Waals surface area (Å²) in [5.41, 5.74) is 1.01. The zero-order valence-corrected chi connectivity index (χ0v) is 18.9. The number of carbonyl (C=O) groups is 3. The van der Waals surface area contributed by atoms with Crippen LogP contribution in [0.15, 0.2) is 91.0 Å². The molecule has 3 aromatic rings. The van der Waals surface area contributed by atoms with Gasteiger partial charge in [-0.2, -0.15) is 0 Å². The monoisotopic (exact) mass is 476 g/mol. The van der Waals surface area contributed by atoms with Gasteiger partial charge in [-0.15, -0.1) is 0 Å². The first-order valence-corrected chi connectivity index (χ1v) is 11.0. The van der Waals surface area contributed by atoms with Crippen LogP contribution in [0.3, 0.4) is 0 Å². The number of esters is 3. The maximum Gasteiger partial charge on any atom is 0.340 e. The molecule has 3 aromatic carbocycles. The SMILES string of the molecule is CO[C@H]1C(OC(=O)c2ccccc2)O[C@H](COC(=O)c2ccccc2)[C@@H]1OC(=O)c1ccccc1. The summed E-state index contributed by atoms with van der Waals surface area (Å²) in [4.78, 5) is 37.8. The Balaban J connectivity index is 1.51. The number of hydrogen-bond donors (Lipinski definition) is 0. The second-order valence-electron chi connectivity index (χ2n) is 7.72. The summed E-state index contributed by atoms with van der Waals surface area (Å²) >= 11 is 0. The van der Waals surface area contributed by atoms with Gasteiger partial charge in [-0.25, -0.2) is 14.4 Å². The Labute approximate surface area is 202 Å². The van der Waals surface area contributed by atoms with Crippen LogP contribution in [0, 0.1) is 0 Å². The van der Waals surface area contributed by atoms with Crippen LogP contribution in [0.1, 0.15) is 31.1 Å². The summed E-state index contributed by atoms with van der Waals surface area (Å²) < 4.78 is 28.0. The molecule has 4 atom stereocenters. The quantitative estimate of drug-likeness (QED) is 0.359. The van der Waals surface area contributed by atoms with Gasteiger partial charge in [0.05, 0.1) is 16.7 Å². The number of rotatable bonds is 8. The summed E-state index contributed by atoms with van der Waals surface area (Å²) in [5.74, 6) is -1.82. The van der Waals surface area contributed by atoms with Crippen molar-refractivity contribution in [2.75, 3.05) is 13.7 Å². The molecule has 0 amide bonds. The summed E-state index contributed by atoms with van der Waals surface area (Å²) in [6, 6.07) is 25.2. The standard InChI is InChI=1S/C27H24O8/c1-31-23-22(34-25(29)19-13-7-3-8-14-19)21(17-32-24(28)18-11-5-2-6-12-18)33-27(23)35-26(30)20-15-9-4-10-16-20/h2-16,21-23,27H,17H2,1H3/t21-,22+,23-,27?/m1/s1. The minimum absolute atomic E-state index is 0.250. The Morgan fingerprint density at radius 1 is 0.657 bits per heavy atom. The number of benzene rings is 3. The molecular weight excluding hydrogens is 452 g/mol. The van der Waals surface area contributed by atoms with Crippen molar-refractivity contribution in [3.63, 3.8) is 0 Å². The van der Waals surface area contributed by atoms with Gasteiger partial charge in [0.2, 0.25) is 6.29 Å². The molecule has 8 nitrogen and oxygen atoms in total. The van der Waals surface area contributed by atoms with Gasteiger partial charge in [0, 0.05) is 7.11 Å².